The van der Waals surface area contributed by atoms with Gasteiger partial charge in [0.05, 0.1) is 29.5 Å². The number of nitro groups is 1. The van der Waals surface area contributed by atoms with Crippen LogP contribution in [0.5, 0.6) is 5.75 Å². The first-order chi connectivity index (χ1) is 6.06. The predicted molar refractivity (Wildman–Crippen MR) is 48.5 cm³/mol. The molecule has 1 aromatic carbocycles. The Labute approximate surface area is 74.2 Å². The van der Waals surface area contributed by atoms with E-state index in [1.54, 1.807) is 0 Å². The van der Waals surface area contributed by atoms with Gasteiger partial charge in [0.1, 0.15) is 0 Å². The average Bonchev–Trinajstić information content (AvgIpc) is 2.09. The quantitative estimate of drug-likeness (QED) is 0.400. The fourth-order valence-electron chi connectivity index (χ4n) is 0.907. The largest absolute Gasteiger partial charge is 0.494 e. The van der Waals surface area contributed by atoms with Gasteiger partial charge in [-0.1, -0.05) is 0 Å². The van der Waals surface area contributed by atoms with E-state index in [-0.39, 0.29) is 22.8 Å². The third-order valence-corrected chi connectivity index (χ3v) is 1.59. The Morgan fingerprint density at radius 1 is 1.46 bits per heavy atom. The molecule has 0 fully saturated rings. The van der Waals surface area contributed by atoms with Crippen molar-refractivity contribution in [2.24, 2.45) is 0 Å². The molecule has 0 atom stereocenters. The van der Waals surface area contributed by atoms with Crippen molar-refractivity contribution in [2.45, 2.75) is 0 Å². The maximum atomic E-state index is 10.4. The van der Waals surface area contributed by atoms with Crippen LogP contribution in [-0.4, -0.2) is 12.0 Å². The lowest BCUT2D eigenvalue weighted by atomic mass is 10.2. The van der Waals surface area contributed by atoms with Crippen molar-refractivity contribution in [3.05, 3.63) is 22.2 Å². The smallest absolute Gasteiger partial charge is 0.275 e. The van der Waals surface area contributed by atoms with Crippen LogP contribution in [-0.2, 0) is 0 Å². The highest BCUT2D eigenvalue weighted by Crippen LogP contribution is 2.32. The molecule has 0 saturated carbocycles. The molecule has 1 rings (SSSR count). The van der Waals surface area contributed by atoms with E-state index in [4.69, 9.17) is 16.2 Å². The van der Waals surface area contributed by atoms with Crippen molar-refractivity contribution in [3.63, 3.8) is 0 Å². The van der Waals surface area contributed by atoms with E-state index in [1.165, 1.54) is 19.2 Å². The number of nitro benzene ring substituents is 1. The highest BCUT2D eigenvalue weighted by molar-refractivity contribution is 5.74. The number of rotatable bonds is 2. The summed E-state index contributed by atoms with van der Waals surface area (Å²) in [6.45, 7) is 0. The van der Waals surface area contributed by atoms with E-state index >= 15 is 0 Å². The van der Waals surface area contributed by atoms with E-state index in [1.807, 2.05) is 0 Å². The molecule has 0 radical (unpaired) electrons. The number of anilines is 2. The van der Waals surface area contributed by atoms with Gasteiger partial charge in [-0.15, -0.1) is 0 Å². The number of methoxy groups -OCH3 is 1. The molecular weight excluding hydrogens is 174 g/mol. The number of nitrogens with zero attached hydrogens (tertiary/aromatic N) is 1. The van der Waals surface area contributed by atoms with Gasteiger partial charge < -0.3 is 16.2 Å². The zero-order chi connectivity index (χ0) is 10.0. The first-order valence-electron chi connectivity index (χ1n) is 3.43. The third-order valence-electron chi connectivity index (χ3n) is 1.59. The Balaban J connectivity index is 3.30. The Kier molecular flexibility index (Phi) is 2.23. The summed E-state index contributed by atoms with van der Waals surface area (Å²) in [5.41, 5.74) is 11.1. The molecule has 0 aliphatic carbocycles. The SMILES string of the molecule is COc1cc([N+](=O)[O-])cc(N)c1N. The van der Waals surface area contributed by atoms with E-state index in [0.29, 0.717) is 0 Å². The van der Waals surface area contributed by atoms with Gasteiger partial charge in [0.2, 0.25) is 0 Å². The van der Waals surface area contributed by atoms with Gasteiger partial charge in [-0.2, -0.15) is 0 Å². The monoisotopic (exact) mass is 183 g/mol. The maximum absolute atomic E-state index is 10.4. The zero-order valence-corrected chi connectivity index (χ0v) is 6.98. The molecule has 0 heterocycles. The lowest BCUT2D eigenvalue weighted by molar-refractivity contribution is -0.384. The average molecular weight is 183 g/mol. The molecule has 0 aliphatic heterocycles. The van der Waals surface area contributed by atoms with Crippen LogP contribution >= 0.6 is 0 Å². The fraction of sp³-hybridized carbons (Fsp3) is 0.143. The van der Waals surface area contributed by atoms with Gasteiger partial charge in [-0.25, -0.2) is 0 Å². The van der Waals surface area contributed by atoms with Crippen molar-refractivity contribution in [2.75, 3.05) is 18.6 Å². The number of hydrogen-bond donors (Lipinski definition) is 2. The normalized spacial score (nSPS) is 9.62. The summed E-state index contributed by atoms with van der Waals surface area (Å²) in [6, 6.07) is 2.42. The highest BCUT2D eigenvalue weighted by Gasteiger charge is 2.12. The highest BCUT2D eigenvalue weighted by atomic mass is 16.6. The van der Waals surface area contributed by atoms with Crippen LogP contribution in [0.3, 0.4) is 0 Å². The molecule has 70 valence electrons. The Morgan fingerprint density at radius 2 is 2.08 bits per heavy atom. The molecule has 4 N–H and O–H groups in total. The van der Waals surface area contributed by atoms with Gasteiger partial charge in [0.25, 0.3) is 5.69 Å². The maximum Gasteiger partial charge on any atom is 0.275 e. The summed E-state index contributed by atoms with van der Waals surface area (Å²) in [7, 11) is 1.37. The summed E-state index contributed by atoms with van der Waals surface area (Å²) < 4.78 is 4.81. The Hall–Kier alpha value is -1.98. The topological polar surface area (TPSA) is 104 Å². The van der Waals surface area contributed by atoms with Crippen LogP contribution in [0.1, 0.15) is 0 Å². The molecule has 0 saturated heterocycles. The molecule has 6 heteroatoms. The summed E-state index contributed by atoms with van der Waals surface area (Å²) >= 11 is 0. The number of benzene rings is 1. The Bertz CT molecular complexity index is 351. The summed E-state index contributed by atoms with van der Waals surface area (Å²) in [5, 5.41) is 10.4. The summed E-state index contributed by atoms with van der Waals surface area (Å²) in [4.78, 5) is 9.83. The first kappa shape index (κ1) is 9.11. The van der Waals surface area contributed by atoms with Crippen molar-refractivity contribution >= 4 is 17.1 Å². The van der Waals surface area contributed by atoms with Gasteiger partial charge in [-0.05, 0) is 0 Å². The fourth-order valence-corrected chi connectivity index (χ4v) is 0.907. The van der Waals surface area contributed by atoms with Crippen LogP contribution < -0.4 is 16.2 Å². The molecule has 0 aromatic heterocycles. The molecule has 6 nitrogen and oxygen atoms in total. The summed E-state index contributed by atoms with van der Waals surface area (Å²) in [6.07, 6.45) is 0. The minimum absolute atomic E-state index is 0.136. The van der Waals surface area contributed by atoms with Crippen LogP contribution in [0.15, 0.2) is 12.1 Å². The minimum Gasteiger partial charge on any atom is -0.494 e. The van der Waals surface area contributed by atoms with Crippen molar-refractivity contribution in [3.8, 4) is 5.75 Å². The molecule has 1 aromatic rings. The second-order valence-corrected chi connectivity index (χ2v) is 2.41. The van der Waals surface area contributed by atoms with E-state index in [0.717, 1.165) is 0 Å². The van der Waals surface area contributed by atoms with Crippen molar-refractivity contribution < 1.29 is 9.66 Å². The second-order valence-electron chi connectivity index (χ2n) is 2.41. The lowest BCUT2D eigenvalue weighted by Gasteiger charge is -2.05. The van der Waals surface area contributed by atoms with Gasteiger partial charge in [0, 0.05) is 6.07 Å². The minimum atomic E-state index is -0.557. The lowest BCUT2D eigenvalue weighted by Crippen LogP contribution is -2.00. The zero-order valence-electron chi connectivity index (χ0n) is 6.98. The molecule has 0 spiro atoms. The van der Waals surface area contributed by atoms with Crippen molar-refractivity contribution in [1.82, 2.24) is 0 Å². The molecule has 0 unspecified atom stereocenters. The molecule has 0 aliphatic rings. The predicted octanol–water partition coefficient (Wildman–Crippen LogP) is 0.768. The van der Waals surface area contributed by atoms with Crippen LogP contribution in [0, 0.1) is 10.1 Å². The number of ether oxygens (including phenoxy) is 1. The molecule has 13 heavy (non-hydrogen) atoms. The van der Waals surface area contributed by atoms with E-state index < -0.39 is 4.92 Å². The van der Waals surface area contributed by atoms with Crippen LogP contribution in [0.4, 0.5) is 17.1 Å². The third kappa shape index (κ3) is 1.61. The molecule has 0 amide bonds. The van der Waals surface area contributed by atoms with Gasteiger partial charge in [0.15, 0.2) is 5.75 Å². The number of hydrogen-bond acceptors (Lipinski definition) is 5. The van der Waals surface area contributed by atoms with Crippen LogP contribution in [0.25, 0.3) is 0 Å². The van der Waals surface area contributed by atoms with Gasteiger partial charge >= 0.3 is 0 Å². The molecule has 0 bridgehead atoms. The van der Waals surface area contributed by atoms with E-state index in [9.17, 15) is 10.1 Å². The second kappa shape index (κ2) is 3.18. The Morgan fingerprint density at radius 3 is 2.54 bits per heavy atom. The van der Waals surface area contributed by atoms with Gasteiger partial charge in [-0.3, -0.25) is 10.1 Å². The molecular formula is C7H9N3O3. The number of non-ortho nitro benzene ring substituents is 1. The van der Waals surface area contributed by atoms with E-state index in [2.05, 4.69) is 0 Å². The summed E-state index contributed by atoms with van der Waals surface area (Å²) in [5.74, 6) is 0.215. The number of nitrogens with two attached hydrogens (primary N) is 2. The van der Waals surface area contributed by atoms with Crippen molar-refractivity contribution in [1.29, 1.82) is 0 Å². The van der Waals surface area contributed by atoms with Crippen LogP contribution in [0.2, 0.25) is 0 Å². The first-order valence-corrected chi connectivity index (χ1v) is 3.43. The number of nitrogen functional groups attached to an aromatic ring is 2. The standard InChI is InChI=1S/C7H9N3O3/c1-13-6-3-4(10(11)12)2-5(8)7(6)9/h2-3H,8-9H2,1H3.